The lowest BCUT2D eigenvalue weighted by Gasteiger charge is -2.22. The number of benzene rings is 2. The zero-order chi connectivity index (χ0) is 20.0. The molecule has 0 aromatic heterocycles. The highest BCUT2D eigenvalue weighted by atomic mass is 32.2. The summed E-state index contributed by atoms with van der Waals surface area (Å²) in [5, 5.41) is 5.38. The molecule has 144 valence electrons. The van der Waals surface area contributed by atoms with Crippen LogP contribution in [0.25, 0.3) is 0 Å². The number of hydrogen-bond donors (Lipinski definition) is 3. The van der Waals surface area contributed by atoms with Crippen LogP contribution in [0.15, 0.2) is 52.3 Å². The molecule has 0 unspecified atom stereocenters. The third-order valence-electron chi connectivity index (χ3n) is 4.49. The number of nitrogens with two attached hydrogens (primary N) is 1. The van der Waals surface area contributed by atoms with Crippen molar-refractivity contribution in [2.75, 3.05) is 5.32 Å². The van der Waals surface area contributed by atoms with Crippen molar-refractivity contribution in [1.29, 1.82) is 0 Å². The largest absolute Gasteiger partial charge is 0.352 e. The number of urea groups is 1. The standard InChI is InChI=1S/C21H27N3O2S/c1-5-14(3)19(24-21(22)26)20(25)23-16-8-10-17(11-9-16)27-18-12-13(2)6-7-15(18)4/h6-12,14,19H,5H2,1-4H3,(H,23,25)(H3,22,24,26)/t14-,19-/m1/s1. The molecule has 5 nitrogen and oxygen atoms in total. The first-order chi connectivity index (χ1) is 12.8. The summed E-state index contributed by atoms with van der Waals surface area (Å²) < 4.78 is 0. The summed E-state index contributed by atoms with van der Waals surface area (Å²) >= 11 is 1.69. The van der Waals surface area contributed by atoms with E-state index in [0.29, 0.717) is 5.69 Å². The second kappa shape index (κ2) is 9.46. The Balaban J connectivity index is 2.06. The van der Waals surface area contributed by atoms with Crippen LogP contribution in [0.5, 0.6) is 0 Å². The smallest absolute Gasteiger partial charge is 0.312 e. The van der Waals surface area contributed by atoms with Gasteiger partial charge in [0.05, 0.1) is 0 Å². The Morgan fingerprint density at radius 3 is 2.37 bits per heavy atom. The summed E-state index contributed by atoms with van der Waals surface area (Å²) in [5.74, 6) is -0.283. The zero-order valence-corrected chi connectivity index (χ0v) is 17.0. The number of aryl methyl sites for hydroxylation is 2. The molecular formula is C21H27N3O2S. The molecule has 3 amide bonds. The topological polar surface area (TPSA) is 84.2 Å². The van der Waals surface area contributed by atoms with Gasteiger partial charge < -0.3 is 16.4 Å². The summed E-state index contributed by atoms with van der Waals surface area (Å²) in [4.78, 5) is 26.0. The third-order valence-corrected chi connectivity index (χ3v) is 5.65. The minimum absolute atomic E-state index is 0.0170. The molecule has 0 radical (unpaired) electrons. The molecule has 6 heteroatoms. The number of amides is 3. The van der Waals surface area contributed by atoms with Gasteiger partial charge in [0.15, 0.2) is 0 Å². The quantitative estimate of drug-likeness (QED) is 0.657. The van der Waals surface area contributed by atoms with Crippen LogP contribution in [0, 0.1) is 19.8 Å². The summed E-state index contributed by atoms with van der Waals surface area (Å²) in [5.41, 5.74) is 8.35. The highest BCUT2D eigenvalue weighted by Crippen LogP contribution is 2.31. The lowest BCUT2D eigenvalue weighted by Crippen LogP contribution is -2.49. The van der Waals surface area contributed by atoms with E-state index in [1.807, 2.05) is 38.1 Å². The molecule has 0 aliphatic rings. The predicted octanol–water partition coefficient (Wildman–Crippen LogP) is 4.48. The first-order valence-corrected chi connectivity index (χ1v) is 9.83. The number of primary amides is 1. The molecule has 27 heavy (non-hydrogen) atoms. The van der Waals surface area contributed by atoms with Gasteiger partial charge in [-0.15, -0.1) is 0 Å². The molecular weight excluding hydrogens is 358 g/mol. The van der Waals surface area contributed by atoms with Gasteiger partial charge in [-0.2, -0.15) is 0 Å². The number of hydrogen-bond acceptors (Lipinski definition) is 3. The van der Waals surface area contributed by atoms with E-state index in [-0.39, 0.29) is 11.8 Å². The van der Waals surface area contributed by atoms with Crippen molar-refractivity contribution in [3.05, 3.63) is 53.6 Å². The lowest BCUT2D eigenvalue weighted by molar-refractivity contribution is -0.119. The van der Waals surface area contributed by atoms with Gasteiger partial charge in [-0.1, -0.05) is 44.2 Å². The zero-order valence-electron chi connectivity index (χ0n) is 16.2. The number of carbonyl (C=O) groups excluding carboxylic acids is 2. The van der Waals surface area contributed by atoms with Gasteiger partial charge in [0.25, 0.3) is 0 Å². The second-order valence-electron chi connectivity index (χ2n) is 6.76. The second-order valence-corrected chi connectivity index (χ2v) is 7.87. The van der Waals surface area contributed by atoms with Crippen molar-refractivity contribution < 1.29 is 9.59 Å². The summed E-state index contributed by atoms with van der Waals surface area (Å²) in [6, 6.07) is 12.7. The highest BCUT2D eigenvalue weighted by Gasteiger charge is 2.25. The summed E-state index contributed by atoms with van der Waals surface area (Å²) in [7, 11) is 0. The molecule has 0 aliphatic carbocycles. The van der Waals surface area contributed by atoms with Crippen molar-refractivity contribution in [2.45, 2.75) is 49.9 Å². The molecule has 0 heterocycles. The Morgan fingerprint density at radius 2 is 1.78 bits per heavy atom. The molecule has 2 aromatic rings. The SMILES string of the molecule is CC[C@@H](C)[C@@H](NC(N)=O)C(=O)Nc1ccc(Sc2cc(C)ccc2C)cc1. The fourth-order valence-electron chi connectivity index (χ4n) is 2.63. The number of nitrogens with one attached hydrogen (secondary N) is 2. The van der Waals surface area contributed by atoms with Crippen LogP contribution in [0.4, 0.5) is 10.5 Å². The Bertz CT molecular complexity index is 806. The maximum atomic E-state index is 12.5. The predicted molar refractivity (Wildman–Crippen MR) is 111 cm³/mol. The Kier molecular flexibility index (Phi) is 7.30. The normalized spacial score (nSPS) is 12.9. The molecule has 0 bridgehead atoms. The van der Waals surface area contributed by atoms with E-state index in [1.54, 1.807) is 11.8 Å². The van der Waals surface area contributed by atoms with E-state index in [0.717, 1.165) is 11.3 Å². The molecule has 0 fully saturated rings. The van der Waals surface area contributed by atoms with E-state index >= 15 is 0 Å². The molecule has 2 aromatic carbocycles. The highest BCUT2D eigenvalue weighted by molar-refractivity contribution is 7.99. The van der Waals surface area contributed by atoms with E-state index in [1.165, 1.54) is 16.0 Å². The van der Waals surface area contributed by atoms with Crippen LogP contribution >= 0.6 is 11.8 Å². The number of anilines is 1. The Labute approximate surface area is 165 Å². The number of rotatable bonds is 7. The van der Waals surface area contributed by atoms with Crippen LogP contribution in [0.1, 0.15) is 31.4 Å². The van der Waals surface area contributed by atoms with Gasteiger partial charge in [-0.3, -0.25) is 4.79 Å². The van der Waals surface area contributed by atoms with Crippen molar-refractivity contribution in [3.63, 3.8) is 0 Å². The first kappa shape index (κ1) is 20.8. The van der Waals surface area contributed by atoms with Crippen LogP contribution in [0.3, 0.4) is 0 Å². The van der Waals surface area contributed by atoms with Crippen molar-refractivity contribution >= 4 is 29.4 Å². The van der Waals surface area contributed by atoms with Gasteiger partial charge in [0, 0.05) is 15.5 Å². The Hall–Kier alpha value is -2.47. The minimum atomic E-state index is -0.698. The molecule has 2 atom stereocenters. The third kappa shape index (κ3) is 6.03. The minimum Gasteiger partial charge on any atom is -0.352 e. The van der Waals surface area contributed by atoms with Gasteiger partial charge >= 0.3 is 6.03 Å². The van der Waals surface area contributed by atoms with E-state index in [9.17, 15) is 9.59 Å². The van der Waals surface area contributed by atoms with E-state index in [2.05, 4.69) is 42.7 Å². The summed E-state index contributed by atoms with van der Waals surface area (Å²) in [6.45, 7) is 8.05. The number of carbonyl (C=O) groups is 2. The fraction of sp³-hybridized carbons (Fsp3) is 0.333. The average molecular weight is 386 g/mol. The molecule has 0 aliphatic heterocycles. The van der Waals surface area contributed by atoms with Gasteiger partial charge in [-0.05, 0) is 61.2 Å². The van der Waals surface area contributed by atoms with Gasteiger partial charge in [0.1, 0.15) is 6.04 Å². The molecule has 4 N–H and O–H groups in total. The maximum Gasteiger partial charge on any atom is 0.312 e. The lowest BCUT2D eigenvalue weighted by atomic mass is 9.98. The average Bonchev–Trinajstić information content (AvgIpc) is 2.63. The van der Waals surface area contributed by atoms with Gasteiger partial charge in [0.2, 0.25) is 5.91 Å². The summed E-state index contributed by atoms with van der Waals surface area (Å²) in [6.07, 6.45) is 0.754. The van der Waals surface area contributed by atoms with E-state index in [4.69, 9.17) is 5.73 Å². The van der Waals surface area contributed by atoms with Crippen LogP contribution in [-0.4, -0.2) is 18.0 Å². The molecule has 0 saturated carbocycles. The molecule has 0 saturated heterocycles. The van der Waals surface area contributed by atoms with Crippen LogP contribution in [-0.2, 0) is 4.79 Å². The van der Waals surface area contributed by atoms with E-state index < -0.39 is 12.1 Å². The van der Waals surface area contributed by atoms with Crippen LogP contribution in [0.2, 0.25) is 0 Å². The fourth-order valence-corrected chi connectivity index (χ4v) is 3.63. The molecule has 2 rings (SSSR count). The maximum absolute atomic E-state index is 12.5. The van der Waals surface area contributed by atoms with Gasteiger partial charge in [-0.25, -0.2) is 4.79 Å². The Morgan fingerprint density at radius 1 is 1.11 bits per heavy atom. The van der Waals surface area contributed by atoms with Crippen molar-refractivity contribution in [1.82, 2.24) is 5.32 Å². The van der Waals surface area contributed by atoms with Crippen molar-refractivity contribution in [2.24, 2.45) is 11.7 Å². The monoisotopic (exact) mass is 385 g/mol. The van der Waals surface area contributed by atoms with Crippen molar-refractivity contribution in [3.8, 4) is 0 Å². The first-order valence-electron chi connectivity index (χ1n) is 9.02. The van der Waals surface area contributed by atoms with Crippen LogP contribution < -0.4 is 16.4 Å². The molecule has 0 spiro atoms.